The van der Waals surface area contributed by atoms with Gasteiger partial charge in [-0.25, -0.2) is 0 Å². The maximum absolute atomic E-state index is 11.3. The van der Waals surface area contributed by atoms with Gasteiger partial charge in [0.25, 0.3) is 0 Å². The van der Waals surface area contributed by atoms with Gasteiger partial charge in [-0.1, -0.05) is 43.5 Å². The molecule has 0 aliphatic carbocycles. The van der Waals surface area contributed by atoms with Crippen molar-refractivity contribution < 1.29 is 23.7 Å². The van der Waals surface area contributed by atoms with Gasteiger partial charge in [0.1, 0.15) is 17.2 Å². The Morgan fingerprint density at radius 1 is 0.774 bits per heavy atom. The monoisotopic (exact) mass is 426 g/mol. The first-order valence-corrected chi connectivity index (χ1v) is 10.9. The summed E-state index contributed by atoms with van der Waals surface area (Å²) in [5, 5.41) is 0. The average molecular weight is 427 g/mol. The van der Waals surface area contributed by atoms with Crippen LogP contribution in [-0.2, 0) is 9.53 Å². The lowest BCUT2D eigenvalue weighted by atomic mass is 10.1. The first-order chi connectivity index (χ1) is 15.1. The summed E-state index contributed by atoms with van der Waals surface area (Å²) >= 11 is 0. The van der Waals surface area contributed by atoms with Crippen molar-refractivity contribution in [1.82, 2.24) is 0 Å². The number of rotatable bonds is 14. The number of carbonyl (C=O) groups is 1. The lowest BCUT2D eigenvalue weighted by molar-refractivity contribution is -0.143. The van der Waals surface area contributed by atoms with E-state index in [1.807, 2.05) is 61.5 Å². The van der Waals surface area contributed by atoms with E-state index in [4.69, 9.17) is 18.9 Å². The van der Waals surface area contributed by atoms with Crippen LogP contribution in [0.2, 0.25) is 0 Å². The van der Waals surface area contributed by atoms with Crippen molar-refractivity contribution >= 4 is 18.1 Å². The highest BCUT2D eigenvalue weighted by Gasteiger charge is 2.01. The molecular weight excluding hydrogens is 392 g/mol. The lowest BCUT2D eigenvalue weighted by Gasteiger charge is -2.07. The maximum Gasteiger partial charge on any atom is 0.305 e. The first kappa shape index (κ1) is 24.3. The number of hydrogen-bond acceptors (Lipinski definition) is 5. The molecule has 0 fully saturated rings. The Morgan fingerprint density at radius 2 is 1.39 bits per heavy atom. The van der Waals surface area contributed by atoms with Gasteiger partial charge in [0.05, 0.1) is 27.4 Å². The fourth-order valence-electron chi connectivity index (χ4n) is 3.12. The molecule has 0 unspecified atom stereocenters. The van der Waals surface area contributed by atoms with Crippen molar-refractivity contribution in [2.24, 2.45) is 0 Å². The zero-order chi connectivity index (χ0) is 22.3. The zero-order valence-corrected chi connectivity index (χ0v) is 18.9. The van der Waals surface area contributed by atoms with E-state index < -0.39 is 0 Å². The zero-order valence-electron chi connectivity index (χ0n) is 18.9. The van der Waals surface area contributed by atoms with E-state index in [9.17, 15) is 4.79 Å². The number of carbonyl (C=O) groups excluding carboxylic acids is 1. The van der Waals surface area contributed by atoms with E-state index in [-0.39, 0.29) is 5.97 Å². The van der Waals surface area contributed by atoms with Crippen molar-refractivity contribution in [3.8, 4) is 17.2 Å². The van der Waals surface area contributed by atoms with Crippen molar-refractivity contribution in [3.63, 3.8) is 0 Å². The minimum atomic E-state index is -0.0904. The summed E-state index contributed by atoms with van der Waals surface area (Å²) < 4.78 is 21.4. The van der Waals surface area contributed by atoms with Gasteiger partial charge in [-0.15, -0.1) is 0 Å². The molecule has 0 heterocycles. The third kappa shape index (κ3) is 9.60. The summed E-state index contributed by atoms with van der Waals surface area (Å²) in [5.74, 6) is 2.32. The Kier molecular flexibility index (Phi) is 11.1. The summed E-state index contributed by atoms with van der Waals surface area (Å²) in [5.41, 5.74) is 2.11. The molecule has 2 aromatic rings. The van der Waals surface area contributed by atoms with Gasteiger partial charge in [0.2, 0.25) is 0 Å². The van der Waals surface area contributed by atoms with Gasteiger partial charge >= 0.3 is 5.97 Å². The van der Waals surface area contributed by atoms with E-state index in [0.29, 0.717) is 19.6 Å². The largest absolute Gasteiger partial charge is 0.497 e. The van der Waals surface area contributed by atoms with Gasteiger partial charge in [-0.2, -0.15) is 0 Å². The van der Waals surface area contributed by atoms with Crippen molar-refractivity contribution in [1.29, 1.82) is 0 Å². The summed E-state index contributed by atoms with van der Waals surface area (Å²) in [7, 11) is 3.29. The fraction of sp³-hybridized carbons (Fsp3) is 0.423. The summed E-state index contributed by atoms with van der Waals surface area (Å²) in [6, 6.07) is 13.8. The lowest BCUT2D eigenvalue weighted by Crippen LogP contribution is -2.03. The van der Waals surface area contributed by atoms with E-state index in [2.05, 4.69) is 0 Å². The molecule has 5 nitrogen and oxygen atoms in total. The Morgan fingerprint density at radius 3 is 2.03 bits per heavy atom. The summed E-state index contributed by atoms with van der Waals surface area (Å²) in [4.78, 5) is 11.3. The molecule has 0 aromatic heterocycles. The first-order valence-electron chi connectivity index (χ1n) is 10.9. The number of unbranched alkanes of at least 4 members (excludes halogenated alkanes) is 4. The van der Waals surface area contributed by atoms with Gasteiger partial charge in [0, 0.05) is 12.5 Å². The molecule has 0 saturated heterocycles. The van der Waals surface area contributed by atoms with E-state index >= 15 is 0 Å². The smallest absolute Gasteiger partial charge is 0.305 e. The topological polar surface area (TPSA) is 54.0 Å². The summed E-state index contributed by atoms with van der Waals surface area (Å²) in [6.07, 6.45) is 9.79. The Balaban J connectivity index is 1.68. The quantitative estimate of drug-likeness (QED) is 0.206. The molecule has 0 aliphatic heterocycles. The molecule has 168 valence electrons. The van der Waals surface area contributed by atoms with Crippen LogP contribution in [0.4, 0.5) is 0 Å². The molecular formula is C26H34O5. The summed E-state index contributed by atoms with van der Waals surface area (Å²) in [6.45, 7) is 3.00. The fourth-order valence-corrected chi connectivity index (χ4v) is 3.12. The van der Waals surface area contributed by atoms with Crippen LogP contribution < -0.4 is 14.2 Å². The van der Waals surface area contributed by atoms with Crippen molar-refractivity contribution in [2.45, 2.75) is 45.4 Å². The standard InChI is InChI=1S/C26H34O5/c1-4-30-26(27)10-8-6-5-7-9-17-31-23-15-13-21(14-16-23)11-12-22-18-24(28-2)20-25(19-22)29-3/h11-16,18-20H,4-10,17H2,1-3H3/b12-11+. The van der Waals surface area contributed by atoms with Crippen molar-refractivity contribution in [3.05, 3.63) is 53.6 Å². The highest BCUT2D eigenvalue weighted by molar-refractivity contribution is 5.71. The molecule has 0 spiro atoms. The second kappa shape index (κ2) is 14.1. The normalized spacial score (nSPS) is 10.8. The van der Waals surface area contributed by atoms with Gasteiger partial charge in [-0.3, -0.25) is 4.79 Å². The second-order valence-corrected chi connectivity index (χ2v) is 7.22. The van der Waals surface area contributed by atoms with Crippen LogP contribution in [0.1, 0.15) is 56.6 Å². The minimum Gasteiger partial charge on any atom is -0.497 e. The molecule has 0 amide bonds. The Labute approximate surface area is 186 Å². The van der Waals surface area contributed by atoms with Crippen LogP contribution >= 0.6 is 0 Å². The van der Waals surface area contributed by atoms with E-state index in [0.717, 1.165) is 60.5 Å². The van der Waals surface area contributed by atoms with Crippen LogP contribution in [-0.4, -0.2) is 33.4 Å². The van der Waals surface area contributed by atoms with Crippen LogP contribution in [0.5, 0.6) is 17.2 Å². The minimum absolute atomic E-state index is 0.0904. The number of hydrogen-bond donors (Lipinski definition) is 0. The van der Waals surface area contributed by atoms with E-state index in [1.54, 1.807) is 14.2 Å². The van der Waals surface area contributed by atoms with Crippen LogP contribution in [0.25, 0.3) is 12.2 Å². The average Bonchev–Trinajstić information content (AvgIpc) is 2.80. The molecule has 2 rings (SSSR count). The molecule has 0 atom stereocenters. The number of esters is 1. The molecule has 31 heavy (non-hydrogen) atoms. The number of ether oxygens (including phenoxy) is 4. The third-order valence-corrected chi connectivity index (χ3v) is 4.82. The van der Waals surface area contributed by atoms with Crippen LogP contribution in [0.3, 0.4) is 0 Å². The Hall–Kier alpha value is -2.95. The van der Waals surface area contributed by atoms with Crippen LogP contribution in [0.15, 0.2) is 42.5 Å². The van der Waals surface area contributed by atoms with Gasteiger partial charge < -0.3 is 18.9 Å². The highest BCUT2D eigenvalue weighted by atomic mass is 16.5. The van der Waals surface area contributed by atoms with Gasteiger partial charge in [-0.05, 0) is 55.2 Å². The van der Waals surface area contributed by atoms with Crippen LogP contribution in [0, 0.1) is 0 Å². The maximum atomic E-state index is 11.3. The van der Waals surface area contributed by atoms with Gasteiger partial charge in [0.15, 0.2) is 0 Å². The second-order valence-electron chi connectivity index (χ2n) is 7.22. The SMILES string of the molecule is CCOC(=O)CCCCCCCOc1ccc(/C=C/c2cc(OC)cc(OC)c2)cc1. The molecule has 0 saturated carbocycles. The highest BCUT2D eigenvalue weighted by Crippen LogP contribution is 2.24. The molecule has 0 N–H and O–H groups in total. The molecule has 0 radical (unpaired) electrons. The Bertz CT molecular complexity index is 789. The third-order valence-electron chi connectivity index (χ3n) is 4.82. The van der Waals surface area contributed by atoms with E-state index in [1.165, 1.54) is 0 Å². The molecule has 0 aliphatic rings. The predicted molar refractivity (Wildman–Crippen MR) is 125 cm³/mol. The van der Waals surface area contributed by atoms with Crippen molar-refractivity contribution in [2.75, 3.05) is 27.4 Å². The number of methoxy groups -OCH3 is 2. The molecule has 5 heteroatoms. The predicted octanol–water partition coefficient (Wildman–Crippen LogP) is 6.16. The number of benzene rings is 2. The molecule has 0 bridgehead atoms. The molecule has 2 aromatic carbocycles.